The van der Waals surface area contributed by atoms with Gasteiger partial charge in [0.05, 0.1) is 0 Å². The maximum atomic E-state index is 5.65. The Labute approximate surface area is 164 Å². The van der Waals surface area contributed by atoms with Crippen LogP contribution in [0.25, 0.3) is 6.74 Å². The molecule has 0 fully saturated rings. The molecule has 0 bridgehead atoms. The zero-order valence-corrected chi connectivity index (χ0v) is 20.7. The first kappa shape index (κ1) is 15.8. The summed E-state index contributed by atoms with van der Waals surface area (Å²) in [6, 6.07) is 0. The van der Waals surface area contributed by atoms with E-state index in [1.807, 2.05) is 22.7 Å². The zero-order valence-electron chi connectivity index (χ0n) is 9.74. The molecule has 3 aliphatic heterocycles. The first-order valence-electron chi connectivity index (χ1n) is 5.54. The van der Waals surface area contributed by atoms with Gasteiger partial charge in [-0.25, -0.2) is 0 Å². The summed E-state index contributed by atoms with van der Waals surface area (Å²) in [7, 11) is 0. The van der Waals surface area contributed by atoms with Crippen LogP contribution in [-0.4, -0.2) is 71.3 Å². The van der Waals surface area contributed by atoms with E-state index in [-0.39, 0.29) is 0 Å². The second-order valence-corrected chi connectivity index (χ2v) is 20.8. The van der Waals surface area contributed by atoms with E-state index in [0.717, 1.165) is 3.82 Å². The first-order valence-corrected chi connectivity index (χ1v) is 16.7. The van der Waals surface area contributed by atoms with Crippen molar-refractivity contribution in [2.24, 2.45) is 0 Å². The third-order valence-corrected chi connectivity index (χ3v) is 23.8. The van der Waals surface area contributed by atoms with Gasteiger partial charge in [-0.05, 0) is 0 Å². The molecular formula is C11H6S5Se4. The second-order valence-electron chi connectivity index (χ2n) is 3.67. The van der Waals surface area contributed by atoms with Gasteiger partial charge in [0, 0.05) is 0 Å². The van der Waals surface area contributed by atoms with E-state index in [4.69, 9.17) is 12.2 Å². The van der Waals surface area contributed by atoms with E-state index in [9.17, 15) is 0 Å². The van der Waals surface area contributed by atoms with Crippen LogP contribution in [-0.2, 0) is 0 Å². The molecule has 0 atom stereocenters. The molecule has 4 heterocycles. The summed E-state index contributed by atoms with van der Waals surface area (Å²) < 4.78 is 11.1. The van der Waals surface area contributed by atoms with Crippen molar-refractivity contribution >= 4 is 125 Å². The molecule has 0 N–H and O–H groups in total. The van der Waals surface area contributed by atoms with E-state index >= 15 is 0 Å². The molecule has 0 aromatic carbocycles. The average molecular weight is 614 g/mol. The van der Waals surface area contributed by atoms with Crippen molar-refractivity contribution in [2.45, 2.75) is 0 Å². The van der Waals surface area contributed by atoms with Crippen molar-refractivity contribution in [2.75, 3.05) is 11.5 Å². The van der Waals surface area contributed by atoms with Crippen molar-refractivity contribution in [1.29, 1.82) is 0 Å². The van der Waals surface area contributed by atoms with Crippen molar-refractivity contribution in [3.05, 3.63) is 29.8 Å². The molecule has 1 aromatic heterocycles. The summed E-state index contributed by atoms with van der Waals surface area (Å²) in [5, 5.41) is 0. The Morgan fingerprint density at radius 2 is 1.55 bits per heavy atom. The molecular weight excluding hydrogens is 608 g/mol. The number of hydrogen-bond donors (Lipinski definition) is 0. The number of thioether (sulfide) groups is 2. The van der Waals surface area contributed by atoms with Crippen LogP contribution in [0.3, 0.4) is 0 Å². The van der Waals surface area contributed by atoms with Crippen LogP contribution in [0.15, 0.2) is 17.6 Å². The van der Waals surface area contributed by atoms with Gasteiger partial charge in [0.2, 0.25) is 0 Å². The summed E-state index contributed by atoms with van der Waals surface area (Å²) in [6.07, 6.45) is 0. The van der Waals surface area contributed by atoms with Crippen molar-refractivity contribution in [3.63, 3.8) is 0 Å². The van der Waals surface area contributed by atoms with E-state index in [1.54, 1.807) is 18.2 Å². The molecule has 0 unspecified atom stereocenters. The normalized spacial score (nSPS) is 22.0. The molecule has 4 rings (SSSR count). The molecule has 0 amide bonds. The van der Waals surface area contributed by atoms with E-state index in [1.165, 1.54) is 16.0 Å². The molecule has 0 saturated heterocycles. The molecule has 0 spiro atoms. The summed E-state index contributed by atoms with van der Waals surface area (Å²) in [6.45, 7) is 0. The quantitative estimate of drug-likeness (QED) is 0.322. The van der Waals surface area contributed by atoms with Gasteiger partial charge in [0.15, 0.2) is 0 Å². The summed E-state index contributed by atoms with van der Waals surface area (Å²) in [5.41, 5.74) is 0. The Morgan fingerprint density at radius 3 is 2.20 bits per heavy atom. The minimum absolute atomic E-state index is 0.586. The van der Waals surface area contributed by atoms with E-state index < -0.39 is 0 Å². The molecule has 0 radical (unpaired) electrons. The minimum atomic E-state index is 0.586. The average Bonchev–Trinajstić information content (AvgIpc) is 3.16. The molecule has 104 valence electrons. The molecule has 9 heteroatoms. The third-order valence-electron chi connectivity index (χ3n) is 2.41. The SMILES string of the molecule is S=c1sc(=C2[Se]C3=C(SCCS3)[Se]2)sc1=C1[Se]C=C[Se]1. The van der Waals surface area contributed by atoms with Crippen molar-refractivity contribution < 1.29 is 0 Å². The topological polar surface area (TPSA) is 0 Å². The summed E-state index contributed by atoms with van der Waals surface area (Å²) in [4.78, 5) is 4.73. The maximum absolute atomic E-state index is 5.65. The standard InChI is InChI=1S/C11H6S5Se4/c12-6-5(10-17-3-4-18-10)15-7(16-6)11-19-8-9(20-11)14-2-1-13-8/h3-4H,1-2H2. The zero-order chi connectivity index (χ0) is 13.5. The Morgan fingerprint density at radius 1 is 0.900 bits per heavy atom. The fraction of sp³-hybridized carbons (Fsp3) is 0.182. The monoisotopic (exact) mass is 618 g/mol. The Balaban J connectivity index is 1.78. The van der Waals surface area contributed by atoms with Gasteiger partial charge in [0.1, 0.15) is 0 Å². The third kappa shape index (κ3) is 3.23. The number of hydrogen-bond acceptors (Lipinski definition) is 5. The van der Waals surface area contributed by atoms with Crippen LogP contribution in [0.2, 0.25) is 0 Å². The van der Waals surface area contributed by atoms with Crippen LogP contribution in [0.4, 0.5) is 0 Å². The Kier molecular flexibility index (Phi) is 5.54. The Hall–Kier alpha value is 2.27. The van der Waals surface area contributed by atoms with Gasteiger partial charge in [-0.3, -0.25) is 0 Å². The summed E-state index contributed by atoms with van der Waals surface area (Å²) >= 11 is 16.2. The predicted octanol–water partition coefficient (Wildman–Crippen LogP) is 1.59. The predicted molar refractivity (Wildman–Crippen MR) is 103 cm³/mol. The summed E-state index contributed by atoms with van der Waals surface area (Å²) in [5.74, 6) is 2.63. The molecule has 1 aromatic rings. The molecule has 3 aliphatic rings. The molecule has 0 saturated carbocycles. The van der Waals surface area contributed by atoms with Crippen LogP contribution in [0.5, 0.6) is 0 Å². The van der Waals surface area contributed by atoms with E-state index in [0.29, 0.717) is 59.8 Å². The van der Waals surface area contributed by atoms with Crippen LogP contribution < -0.4 is 8.38 Å². The molecule has 0 aliphatic carbocycles. The van der Waals surface area contributed by atoms with Gasteiger partial charge in [-0.15, -0.1) is 0 Å². The van der Waals surface area contributed by atoms with Crippen LogP contribution in [0.1, 0.15) is 0 Å². The van der Waals surface area contributed by atoms with Crippen molar-refractivity contribution in [1.82, 2.24) is 0 Å². The second kappa shape index (κ2) is 7.02. The first-order chi connectivity index (χ1) is 9.81. The van der Waals surface area contributed by atoms with Crippen molar-refractivity contribution in [3.8, 4) is 0 Å². The van der Waals surface area contributed by atoms with Gasteiger partial charge in [0.25, 0.3) is 0 Å². The van der Waals surface area contributed by atoms with Crippen LogP contribution >= 0.6 is 58.4 Å². The number of rotatable bonds is 0. The van der Waals surface area contributed by atoms with E-state index in [2.05, 4.69) is 33.5 Å². The van der Waals surface area contributed by atoms with Gasteiger partial charge >= 0.3 is 166 Å². The van der Waals surface area contributed by atoms with Crippen LogP contribution in [0, 0.1) is 3.82 Å². The van der Waals surface area contributed by atoms with Gasteiger partial charge in [-0.1, -0.05) is 0 Å². The fourth-order valence-electron chi connectivity index (χ4n) is 1.61. The molecule has 20 heavy (non-hydrogen) atoms. The van der Waals surface area contributed by atoms with Gasteiger partial charge < -0.3 is 0 Å². The molecule has 0 nitrogen and oxygen atoms in total. The van der Waals surface area contributed by atoms with Gasteiger partial charge in [-0.2, -0.15) is 0 Å². The fourth-order valence-corrected chi connectivity index (χ4v) is 23.8. The Bertz CT molecular complexity index is 770.